The van der Waals surface area contributed by atoms with Crippen molar-refractivity contribution in [1.82, 2.24) is 10.2 Å². The maximum absolute atomic E-state index is 9.23. The molecule has 98 valence electrons. The van der Waals surface area contributed by atoms with Crippen molar-refractivity contribution in [2.75, 3.05) is 5.32 Å². The lowest BCUT2D eigenvalue weighted by Crippen LogP contribution is -2.09. The fourth-order valence-electron chi connectivity index (χ4n) is 2.10. The second-order valence-electron chi connectivity index (χ2n) is 4.48. The van der Waals surface area contributed by atoms with E-state index in [9.17, 15) is 5.26 Å². The van der Waals surface area contributed by atoms with E-state index in [4.69, 9.17) is 0 Å². The van der Waals surface area contributed by atoms with Gasteiger partial charge in [-0.3, -0.25) is 0 Å². The van der Waals surface area contributed by atoms with Crippen LogP contribution in [0.3, 0.4) is 0 Å². The molecule has 0 aliphatic rings. The Labute approximate surface area is 120 Å². The molecule has 0 fully saturated rings. The molecule has 0 spiro atoms. The van der Waals surface area contributed by atoms with E-state index in [1.54, 1.807) is 11.3 Å². The van der Waals surface area contributed by atoms with Crippen LogP contribution in [0.15, 0.2) is 41.1 Å². The fraction of sp³-hybridized carbons (Fsp3) is 0.133. The molecule has 3 rings (SSSR count). The average Bonchev–Trinajstić information content (AvgIpc) is 3.02. The van der Waals surface area contributed by atoms with Crippen molar-refractivity contribution in [2.24, 2.45) is 0 Å². The second kappa shape index (κ2) is 5.27. The summed E-state index contributed by atoms with van der Waals surface area (Å²) in [6.07, 6.45) is 0. The Bertz CT molecular complexity index is 774. The van der Waals surface area contributed by atoms with E-state index in [-0.39, 0.29) is 6.04 Å². The zero-order chi connectivity index (χ0) is 13.9. The van der Waals surface area contributed by atoms with Crippen molar-refractivity contribution in [3.8, 4) is 6.07 Å². The summed E-state index contributed by atoms with van der Waals surface area (Å²) in [5.41, 5.74) is 3.05. The molecule has 1 unspecified atom stereocenters. The van der Waals surface area contributed by atoms with Crippen LogP contribution in [0.5, 0.6) is 0 Å². The highest BCUT2D eigenvalue weighted by Gasteiger charge is 2.13. The van der Waals surface area contributed by atoms with E-state index in [0.29, 0.717) is 5.69 Å². The van der Waals surface area contributed by atoms with Crippen LogP contribution in [0, 0.1) is 11.3 Å². The second-order valence-corrected chi connectivity index (χ2v) is 5.26. The third-order valence-electron chi connectivity index (χ3n) is 3.18. The number of anilines is 1. The maximum atomic E-state index is 9.23. The number of aromatic nitrogens is 2. The highest BCUT2D eigenvalue weighted by atomic mass is 32.1. The molecule has 1 aromatic carbocycles. The normalized spacial score (nSPS) is 12.0. The molecule has 0 saturated carbocycles. The van der Waals surface area contributed by atoms with Crippen LogP contribution in [-0.4, -0.2) is 10.2 Å². The van der Waals surface area contributed by atoms with Gasteiger partial charge in [-0.15, -0.1) is 10.2 Å². The fourth-order valence-corrected chi connectivity index (χ4v) is 2.85. The number of fused-ring (bicyclic) bond motifs is 1. The van der Waals surface area contributed by atoms with Crippen LogP contribution < -0.4 is 5.32 Å². The van der Waals surface area contributed by atoms with Crippen molar-refractivity contribution in [3.63, 3.8) is 0 Å². The molecular formula is C15H12N4S. The zero-order valence-electron chi connectivity index (χ0n) is 10.9. The summed E-state index contributed by atoms with van der Waals surface area (Å²) < 4.78 is 0. The Morgan fingerprint density at radius 2 is 2.10 bits per heavy atom. The standard InChI is InChI=1S/C15H12N4S/c1-10(11-6-7-20-9-11)17-15-12-4-2-3-5-13(12)18-19-14(15)8-16/h2-7,9-10H,1H3,(H,17,18). The van der Waals surface area contributed by atoms with Crippen LogP contribution in [0.4, 0.5) is 5.69 Å². The smallest absolute Gasteiger partial charge is 0.186 e. The van der Waals surface area contributed by atoms with Gasteiger partial charge in [0.2, 0.25) is 0 Å². The van der Waals surface area contributed by atoms with Gasteiger partial charge in [0.05, 0.1) is 11.2 Å². The molecule has 0 aliphatic carbocycles. The maximum Gasteiger partial charge on any atom is 0.186 e. The third kappa shape index (κ3) is 2.22. The summed E-state index contributed by atoms with van der Waals surface area (Å²) in [6, 6.07) is 12.0. The van der Waals surface area contributed by atoms with E-state index in [0.717, 1.165) is 16.6 Å². The van der Waals surface area contributed by atoms with Gasteiger partial charge < -0.3 is 5.32 Å². The molecule has 0 aliphatic heterocycles. The molecular weight excluding hydrogens is 268 g/mol. The van der Waals surface area contributed by atoms with Crippen LogP contribution in [0.25, 0.3) is 10.9 Å². The lowest BCUT2D eigenvalue weighted by Gasteiger charge is -2.16. The number of thiophene rings is 1. The molecule has 20 heavy (non-hydrogen) atoms. The largest absolute Gasteiger partial charge is 0.376 e. The summed E-state index contributed by atoms with van der Waals surface area (Å²) in [6.45, 7) is 2.07. The van der Waals surface area contributed by atoms with Gasteiger partial charge in [-0.1, -0.05) is 18.2 Å². The van der Waals surface area contributed by atoms with Crippen molar-refractivity contribution in [1.29, 1.82) is 5.26 Å². The number of hydrogen-bond donors (Lipinski definition) is 1. The topological polar surface area (TPSA) is 61.6 Å². The molecule has 4 nitrogen and oxygen atoms in total. The van der Waals surface area contributed by atoms with Gasteiger partial charge in [0, 0.05) is 11.4 Å². The van der Waals surface area contributed by atoms with Gasteiger partial charge in [0.1, 0.15) is 6.07 Å². The van der Waals surface area contributed by atoms with E-state index < -0.39 is 0 Å². The summed E-state index contributed by atoms with van der Waals surface area (Å²) >= 11 is 1.66. The van der Waals surface area contributed by atoms with Crippen molar-refractivity contribution >= 4 is 27.9 Å². The lowest BCUT2D eigenvalue weighted by atomic mass is 10.1. The molecule has 3 aromatic rings. The van der Waals surface area contributed by atoms with Crippen LogP contribution >= 0.6 is 11.3 Å². The quantitative estimate of drug-likeness (QED) is 0.794. The van der Waals surface area contributed by atoms with E-state index >= 15 is 0 Å². The average molecular weight is 280 g/mol. The highest BCUT2D eigenvalue weighted by molar-refractivity contribution is 7.08. The van der Waals surface area contributed by atoms with Gasteiger partial charge in [0.25, 0.3) is 0 Å². The van der Waals surface area contributed by atoms with Crippen LogP contribution in [0.1, 0.15) is 24.2 Å². The molecule has 2 heterocycles. The number of nitriles is 1. The van der Waals surface area contributed by atoms with Gasteiger partial charge in [-0.25, -0.2) is 0 Å². The van der Waals surface area contributed by atoms with E-state index in [1.807, 2.05) is 29.6 Å². The minimum atomic E-state index is 0.112. The van der Waals surface area contributed by atoms with Crippen molar-refractivity contribution in [2.45, 2.75) is 13.0 Å². The first-order chi connectivity index (χ1) is 9.79. The van der Waals surface area contributed by atoms with Crippen molar-refractivity contribution in [3.05, 3.63) is 52.3 Å². The number of hydrogen-bond acceptors (Lipinski definition) is 5. The monoisotopic (exact) mass is 280 g/mol. The number of nitrogens with zero attached hydrogens (tertiary/aromatic N) is 3. The zero-order valence-corrected chi connectivity index (χ0v) is 11.7. The highest BCUT2D eigenvalue weighted by Crippen LogP contribution is 2.28. The first-order valence-electron chi connectivity index (χ1n) is 6.23. The summed E-state index contributed by atoms with van der Waals surface area (Å²) in [5.74, 6) is 0. The number of benzene rings is 1. The summed E-state index contributed by atoms with van der Waals surface area (Å²) in [5, 5.41) is 25.7. The number of rotatable bonds is 3. The third-order valence-corrected chi connectivity index (χ3v) is 3.88. The van der Waals surface area contributed by atoms with Gasteiger partial charge >= 0.3 is 0 Å². The first-order valence-corrected chi connectivity index (χ1v) is 7.18. The lowest BCUT2D eigenvalue weighted by molar-refractivity contribution is 0.886. The van der Waals surface area contributed by atoms with Gasteiger partial charge in [-0.05, 0) is 35.4 Å². The molecule has 2 aromatic heterocycles. The van der Waals surface area contributed by atoms with E-state index in [1.165, 1.54) is 5.56 Å². The minimum absolute atomic E-state index is 0.112. The molecule has 0 bridgehead atoms. The minimum Gasteiger partial charge on any atom is -0.376 e. The molecule has 1 N–H and O–H groups in total. The predicted octanol–water partition coefficient (Wildman–Crippen LogP) is 3.74. The molecule has 0 radical (unpaired) electrons. The Morgan fingerprint density at radius 3 is 2.85 bits per heavy atom. The molecule has 0 saturated heterocycles. The Morgan fingerprint density at radius 1 is 1.25 bits per heavy atom. The van der Waals surface area contributed by atoms with Gasteiger partial charge in [-0.2, -0.15) is 16.6 Å². The Hall–Kier alpha value is -2.45. The summed E-state index contributed by atoms with van der Waals surface area (Å²) in [4.78, 5) is 0. The summed E-state index contributed by atoms with van der Waals surface area (Å²) in [7, 11) is 0. The van der Waals surface area contributed by atoms with Crippen LogP contribution in [-0.2, 0) is 0 Å². The Kier molecular flexibility index (Phi) is 3.32. The molecule has 1 atom stereocenters. The first kappa shape index (κ1) is 12.6. The predicted molar refractivity (Wildman–Crippen MR) is 80.6 cm³/mol. The molecule has 0 amide bonds. The number of nitrogens with one attached hydrogen (secondary N) is 1. The van der Waals surface area contributed by atoms with Crippen LogP contribution in [0.2, 0.25) is 0 Å². The Balaban J connectivity index is 2.07. The SMILES string of the molecule is CC(Nc1c(C#N)nnc2ccccc12)c1ccsc1. The van der Waals surface area contributed by atoms with Crippen molar-refractivity contribution < 1.29 is 0 Å². The van der Waals surface area contributed by atoms with E-state index in [2.05, 4.69) is 40.0 Å². The molecule has 5 heteroatoms. The van der Waals surface area contributed by atoms with Gasteiger partial charge in [0.15, 0.2) is 5.69 Å².